The van der Waals surface area contributed by atoms with Crippen molar-refractivity contribution in [3.05, 3.63) is 77.9 Å². The van der Waals surface area contributed by atoms with Gasteiger partial charge in [0, 0.05) is 23.9 Å². The fourth-order valence-corrected chi connectivity index (χ4v) is 3.71. The maximum Gasteiger partial charge on any atom is 0.338 e. The normalized spacial score (nSPS) is 18.2. The average molecular weight is 435 g/mol. The van der Waals surface area contributed by atoms with E-state index in [2.05, 4.69) is 6.58 Å². The van der Waals surface area contributed by atoms with Crippen molar-refractivity contribution in [2.24, 2.45) is 5.92 Å². The van der Waals surface area contributed by atoms with E-state index in [1.165, 1.54) is 6.08 Å². The number of rotatable bonds is 8. The highest BCUT2D eigenvalue weighted by Crippen LogP contribution is 2.27. The van der Waals surface area contributed by atoms with Gasteiger partial charge in [0.1, 0.15) is 6.10 Å². The zero-order chi connectivity index (χ0) is 22.9. The minimum Gasteiger partial charge on any atom is -0.462 e. The van der Waals surface area contributed by atoms with Gasteiger partial charge in [0.05, 0.1) is 12.2 Å². The molecule has 4 N–H and O–H groups in total. The van der Waals surface area contributed by atoms with Crippen molar-refractivity contribution >= 4 is 29.4 Å². The maximum atomic E-state index is 12.4. The Labute approximate surface area is 188 Å². The van der Waals surface area contributed by atoms with Crippen molar-refractivity contribution in [3.8, 4) is 0 Å². The van der Waals surface area contributed by atoms with Gasteiger partial charge < -0.3 is 20.9 Å². The highest BCUT2D eigenvalue weighted by Gasteiger charge is 2.22. The van der Waals surface area contributed by atoms with E-state index in [1.54, 1.807) is 42.5 Å². The first-order valence-corrected chi connectivity index (χ1v) is 10.9. The molecule has 2 aromatic carbocycles. The first-order chi connectivity index (χ1) is 15.4. The summed E-state index contributed by atoms with van der Waals surface area (Å²) in [4.78, 5) is 24.3. The van der Waals surface area contributed by atoms with E-state index in [1.807, 2.05) is 12.1 Å². The lowest BCUT2D eigenvalue weighted by molar-refractivity contribution is -0.137. The molecule has 0 radical (unpaired) electrons. The number of nitrogen functional groups attached to an aromatic ring is 2. The zero-order valence-corrected chi connectivity index (χ0v) is 18.2. The first-order valence-electron chi connectivity index (χ1n) is 10.9. The van der Waals surface area contributed by atoms with Crippen LogP contribution in [0.25, 0.3) is 6.08 Å². The van der Waals surface area contributed by atoms with Crippen LogP contribution in [0.3, 0.4) is 0 Å². The van der Waals surface area contributed by atoms with Crippen molar-refractivity contribution in [2.45, 2.75) is 38.2 Å². The van der Waals surface area contributed by atoms with Gasteiger partial charge in [-0.25, -0.2) is 9.59 Å². The van der Waals surface area contributed by atoms with Crippen molar-refractivity contribution in [1.82, 2.24) is 0 Å². The van der Waals surface area contributed by atoms with Crippen molar-refractivity contribution in [3.63, 3.8) is 0 Å². The molecule has 32 heavy (non-hydrogen) atoms. The second kappa shape index (κ2) is 11.2. The Kier molecular flexibility index (Phi) is 8.08. The molecule has 2 aromatic rings. The van der Waals surface area contributed by atoms with E-state index >= 15 is 0 Å². The third-order valence-electron chi connectivity index (χ3n) is 5.67. The van der Waals surface area contributed by atoms with E-state index in [-0.39, 0.29) is 18.7 Å². The molecule has 6 heteroatoms. The lowest BCUT2D eigenvalue weighted by atomic mass is 9.87. The summed E-state index contributed by atoms with van der Waals surface area (Å²) in [5.74, 6) is -0.236. The monoisotopic (exact) mass is 434 g/mol. The Bertz CT molecular complexity index is 974. The number of carbonyl (C=O) groups is 2. The Morgan fingerprint density at radius 1 is 1.03 bits per heavy atom. The van der Waals surface area contributed by atoms with Gasteiger partial charge in [0.25, 0.3) is 0 Å². The van der Waals surface area contributed by atoms with Crippen LogP contribution in [-0.4, -0.2) is 24.6 Å². The summed E-state index contributed by atoms with van der Waals surface area (Å²) < 4.78 is 10.8. The lowest BCUT2D eigenvalue weighted by Gasteiger charge is -2.26. The number of anilines is 2. The molecule has 0 unspecified atom stereocenters. The molecule has 0 bridgehead atoms. The van der Waals surface area contributed by atoms with Crippen molar-refractivity contribution < 1.29 is 19.1 Å². The largest absolute Gasteiger partial charge is 0.462 e. The van der Waals surface area contributed by atoms with E-state index < -0.39 is 5.97 Å². The summed E-state index contributed by atoms with van der Waals surface area (Å²) in [6.45, 7) is 4.05. The summed E-state index contributed by atoms with van der Waals surface area (Å²) >= 11 is 0. The SMILES string of the molecule is C=CC1CCC(OC(=O)c2ccc(/C=C/C(=O)OCCc3ccc(N)cc3N)cc2)CC1. The summed E-state index contributed by atoms with van der Waals surface area (Å²) in [6.07, 6.45) is 9.23. The van der Waals surface area contributed by atoms with Crippen LogP contribution in [0, 0.1) is 5.92 Å². The number of nitrogens with two attached hydrogens (primary N) is 2. The number of esters is 2. The van der Waals surface area contributed by atoms with Gasteiger partial charge >= 0.3 is 11.9 Å². The van der Waals surface area contributed by atoms with Gasteiger partial charge in [0.2, 0.25) is 0 Å². The van der Waals surface area contributed by atoms with Crippen molar-refractivity contribution in [1.29, 1.82) is 0 Å². The van der Waals surface area contributed by atoms with Crippen LogP contribution in [-0.2, 0) is 20.7 Å². The molecule has 6 nitrogen and oxygen atoms in total. The Morgan fingerprint density at radius 2 is 1.75 bits per heavy atom. The summed E-state index contributed by atoms with van der Waals surface area (Å²) in [5.41, 5.74) is 14.9. The number of carbonyl (C=O) groups excluding carboxylic acids is 2. The molecule has 0 heterocycles. The number of hydrogen-bond donors (Lipinski definition) is 2. The van der Waals surface area contributed by atoms with E-state index in [0.717, 1.165) is 36.8 Å². The predicted octanol–water partition coefficient (Wildman–Crippen LogP) is 4.55. The smallest absolute Gasteiger partial charge is 0.338 e. The quantitative estimate of drug-likeness (QED) is 0.273. The molecule has 0 atom stereocenters. The maximum absolute atomic E-state index is 12.4. The lowest BCUT2D eigenvalue weighted by Crippen LogP contribution is -2.23. The van der Waals surface area contributed by atoms with Gasteiger partial charge in [-0.2, -0.15) is 0 Å². The molecule has 168 valence electrons. The molecule has 0 aliphatic heterocycles. The summed E-state index contributed by atoms with van der Waals surface area (Å²) in [7, 11) is 0. The van der Waals surface area contributed by atoms with Gasteiger partial charge in [-0.1, -0.05) is 24.3 Å². The van der Waals surface area contributed by atoms with Crippen LogP contribution in [0.4, 0.5) is 11.4 Å². The Hall–Kier alpha value is -3.54. The number of allylic oxidation sites excluding steroid dienone is 1. The minimum atomic E-state index is -0.447. The fourth-order valence-electron chi connectivity index (χ4n) is 3.71. The van der Waals surface area contributed by atoms with Gasteiger partial charge in [-0.15, -0.1) is 6.58 Å². The van der Waals surface area contributed by atoms with E-state index in [9.17, 15) is 9.59 Å². The van der Waals surface area contributed by atoms with Crippen LogP contribution < -0.4 is 11.5 Å². The average Bonchev–Trinajstić information content (AvgIpc) is 2.80. The number of ether oxygens (including phenoxy) is 2. The van der Waals surface area contributed by atoms with Gasteiger partial charge in [-0.05, 0) is 73.1 Å². The molecule has 0 amide bonds. The summed E-state index contributed by atoms with van der Waals surface area (Å²) in [6, 6.07) is 12.2. The topological polar surface area (TPSA) is 105 Å². The fraction of sp³-hybridized carbons (Fsp3) is 0.308. The molecular formula is C26H30N2O4. The van der Waals surface area contributed by atoms with Crippen LogP contribution in [0.1, 0.15) is 47.2 Å². The van der Waals surface area contributed by atoms with Crippen LogP contribution >= 0.6 is 0 Å². The third-order valence-corrected chi connectivity index (χ3v) is 5.67. The molecule has 1 saturated carbocycles. The molecule has 1 aliphatic carbocycles. The highest BCUT2D eigenvalue weighted by molar-refractivity contribution is 5.90. The molecule has 0 spiro atoms. The molecule has 1 aliphatic rings. The van der Waals surface area contributed by atoms with Crippen LogP contribution in [0.15, 0.2) is 61.2 Å². The zero-order valence-electron chi connectivity index (χ0n) is 18.2. The molecule has 3 rings (SSSR count). The molecule has 0 aromatic heterocycles. The third kappa shape index (κ3) is 6.74. The van der Waals surface area contributed by atoms with Crippen LogP contribution in [0.2, 0.25) is 0 Å². The Balaban J connectivity index is 1.43. The predicted molar refractivity (Wildman–Crippen MR) is 127 cm³/mol. The number of hydrogen-bond acceptors (Lipinski definition) is 6. The minimum absolute atomic E-state index is 0.0309. The molecular weight excluding hydrogens is 404 g/mol. The second-order valence-corrected chi connectivity index (χ2v) is 8.01. The van der Waals surface area contributed by atoms with Crippen LogP contribution in [0.5, 0.6) is 0 Å². The Morgan fingerprint density at radius 3 is 2.41 bits per heavy atom. The molecule has 0 saturated heterocycles. The van der Waals surface area contributed by atoms with Crippen molar-refractivity contribution in [2.75, 3.05) is 18.1 Å². The summed E-state index contributed by atoms with van der Waals surface area (Å²) in [5, 5.41) is 0. The number of benzene rings is 2. The van der Waals surface area contributed by atoms with Gasteiger partial charge in [-0.3, -0.25) is 0 Å². The van der Waals surface area contributed by atoms with E-state index in [0.29, 0.717) is 29.3 Å². The first kappa shape index (κ1) is 23.1. The second-order valence-electron chi connectivity index (χ2n) is 8.01. The van der Waals surface area contributed by atoms with Gasteiger partial charge in [0.15, 0.2) is 0 Å². The standard InChI is InChI=1S/C26H30N2O4/c1-2-18-5-12-23(13-6-18)32-26(30)21-8-3-19(4-9-21)7-14-25(29)31-16-15-20-10-11-22(27)17-24(20)28/h2-4,7-11,14,17-18,23H,1,5-6,12-13,15-16,27-28H2/b14-7+. The highest BCUT2D eigenvalue weighted by atomic mass is 16.5. The van der Waals surface area contributed by atoms with E-state index in [4.69, 9.17) is 20.9 Å². The molecule has 1 fully saturated rings.